The van der Waals surface area contributed by atoms with Gasteiger partial charge in [-0.2, -0.15) is 0 Å². The molecule has 0 fully saturated rings. The standard InChI is InChI=1S/C11H14BrNO2/c1-2-3-6-15-11(14)9-7-8(12)4-5-10(9)13/h4-5,7H,2-3,6,13H2,1H3. The minimum absolute atomic E-state index is 0.359. The van der Waals surface area contributed by atoms with Crippen molar-refractivity contribution in [2.24, 2.45) is 0 Å². The van der Waals surface area contributed by atoms with Crippen LogP contribution in [-0.4, -0.2) is 12.6 Å². The molecule has 0 bridgehead atoms. The molecule has 0 saturated carbocycles. The third-order valence-corrected chi connectivity index (χ3v) is 2.46. The van der Waals surface area contributed by atoms with Gasteiger partial charge in [-0.15, -0.1) is 0 Å². The van der Waals surface area contributed by atoms with E-state index >= 15 is 0 Å². The molecule has 0 aliphatic carbocycles. The van der Waals surface area contributed by atoms with E-state index in [-0.39, 0.29) is 5.97 Å². The topological polar surface area (TPSA) is 52.3 Å². The van der Waals surface area contributed by atoms with Crippen LogP contribution in [-0.2, 0) is 4.74 Å². The average molecular weight is 272 g/mol. The molecule has 2 N–H and O–H groups in total. The maximum Gasteiger partial charge on any atom is 0.340 e. The minimum atomic E-state index is -0.359. The highest BCUT2D eigenvalue weighted by Crippen LogP contribution is 2.19. The zero-order valence-electron chi connectivity index (χ0n) is 8.63. The number of esters is 1. The molecule has 1 rings (SSSR count). The lowest BCUT2D eigenvalue weighted by Crippen LogP contribution is -2.09. The average Bonchev–Trinajstić information content (AvgIpc) is 2.22. The summed E-state index contributed by atoms with van der Waals surface area (Å²) in [7, 11) is 0. The predicted molar refractivity (Wildman–Crippen MR) is 63.7 cm³/mol. The molecular formula is C11H14BrNO2. The molecule has 0 amide bonds. The maximum atomic E-state index is 11.6. The van der Waals surface area contributed by atoms with E-state index in [4.69, 9.17) is 10.5 Å². The Kier molecular flexibility index (Phi) is 4.62. The summed E-state index contributed by atoms with van der Waals surface area (Å²) in [5, 5.41) is 0. The number of ether oxygens (including phenoxy) is 1. The highest BCUT2D eigenvalue weighted by atomic mass is 79.9. The van der Waals surface area contributed by atoms with E-state index in [0.717, 1.165) is 17.3 Å². The first-order valence-electron chi connectivity index (χ1n) is 4.87. The van der Waals surface area contributed by atoms with E-state index in [9.17, 15) is 4.79 Å². The van der Waals surface area contributed by atoms with Gasteiger partial charge in [-0.25, -0.2) is 4.79 Å². The molecule has 0 aliphatic heterocycles. The number of unbranched alkanes of at least 4 members (excludes halogenated alkanes) is 1. The van der Waals surface area contributed by atoms with Crippen LogP contribution in [0.25, 0.3) is 0 Å². The van der Waals surface area contributed by atoms with E-state index in [1.54, 1.807) is 18.2 Å². The third kappa shape index (κ3) is 3.55. The molecule has 0 radical (unpaired) electrons. The Hall–Kier alpha value is -1.03. The number of carbonyl (C=O) groups is 1. The van der Waals surface area contributed by atoms with Crippen molar-refractivity contribution in [1.29, 1.82) is 0 Å². The van der Waals surface area contributed by atoms with Gasteiger partial charge in [0.15, 0.2) is 0 Å². The first kappa shape index (κ1) is 12.0. The van der Waals surface area contributed by atoms with Gasteiger partial charge in [-0.1, -0.05) is 29.3 Å². The number of halogens is 1. The predicted octanol–water partition coefficient (Wildman–Crippen LogP) is 2.99. The Morgan fingerprint density at radius 2 is 2.27 bits per heavy atom. The Morgan fingerprint density at radius 3 is 2.93 bits per heavy atom. The Balaban J connectivity index is 2.68. The fourth-order valence-electron chi connectivity index (χ4n) is 1.09. The fraction of sp³-hybridized carbons (Fsp3) is 0.364. The van der Waals surface area contributed by atoms with Crippen LogP contribution >= 0.6 is 15.9 Å². The van der Waals surface area contributed by atoms with Crippen molar-refractivity contribution >= 4 is 27.6 Å². The highest BCUT2D eigenvalue weighted by molar-refractivity contribution is 9.10. The van der Waals surface area contributed by atoms with E-state index < -0.39 is 0 Å². The van der Waals surface area contributed by atoms with Gasteiger partial charge in [-0.3, -0.25) is 0 Å². The van der Waals surface area contributed by atoms with Crippen LogP contribution < -0.4 is 5.73 Å². The van der Waals surface area contributed by atoms with Crippen LogP contribution in [0, 0.1) is 0 Å². The summed E-state index contributed by atoms with van der Waals surface area (Å²) >= 11 is 3.28. The lowest BCUT2D eigenvalue weighted by Gasteiger charge is -2.06. The summed E-state index contributed by atoms with van der Waals surface area (Å²) in [5.41, 5.74) is 6.53. The lowest BCUT2D eigenvalue weighted by molar-refractivity contribution is 0.0501. The van der Waals surface area contributed by atoms with Gasteiger partial charge in [-0.05, 0) is 24.6 Å². The third-order valence-electron chi connectivity index (χ3n) is 1.97. The van der Waals surface area contributed by atoms with Crippen LogP contribution in [0.1, 0.15) is 30.1 Å². The molecule has 82 valence electrons. The number of hydrogen-bond donors (Lipinski definition) is 1. The van der Waals surface area contributed by atoms with Gasteiger partial charge >= 0.3 is 5.97 Å². The molecule has 0 spiro atoms. The van der Waals surface area contributed by atoms with Gasteiger partial charge in [0.05, 0.1) is 12.2 Å². The number of nitrogens with two attached hydrogens (primary N) is 1. The molecule has 15 heavy (non-hydrogen) atoms. The van der Waals surface area contributed by atoms with Gasteiger partial charge in [0.2, 0.25) is 0 Å². The summed E-state index contributed by atoms with van der Waals surface area (Å²) < 4.78 is 5.88. The second-order valence-electron chi connectivity index (χ2n) is 3.22. The minimum Gasteiger partial charge on any atom is -0.462 e. The lowest BCUT2D eigenvalue weighted by atomic mass is 10.2. The summed E-state index contributed by atoms with van der Waals surface area (Å²) in [6, 6.07) is 5.14. The molecule has 1 aromatic rings. The normalized spacial score (nSPS) is 10.0. The van der Waals surface area contributed by atoms with Gasteiger partial charge < -0.3 is 10.5 Å². The largest absolute Gasteiger partial charge is 0.462 e. The van der Waals surface area contributed by atoms with Crippen molar-refractivity contribution in [1.82, 2.24) is 0 Å². The Bertz CT molecular complexity index is 352. The van der Waals surface area contributed by atoms with Crippen LogP contribution in [0.3, 0.4) is 0 Å². The molecule has 0 unspecified atom stereocenters. The van der Waals surface area contributed by atoms with Gasteiger partial charge in [0.1, 0.15) is 0 Å². The number of rotatable bonds is 4. The van der Waals surface area contributed by atoms with Crippen LogP contribution in [0.4, 0.5) is 5.69 Å². The second-order valence-corrected chi connectivity index (χ2v) is 4.14. The Morgan fingerprint density at radius 1 is 1.53 bits per heavy atom. The van der Waals surface area contributed by atoms with Crippen molar-refractivity contribution in [3.05, 3.63) is 28.2 Å². The second kappa shape index (κ2) is 5.75. The smallest absolute Gasteiger partial charge is 0.340 e. The van der Waals surface area contributed by atoms with Gasteiger partial charge in [0, 0.05) is 10.2 Å². The van der Waals surface area contributed by atoms with Crippen molar-refractivity contribution in [3.8, 4) is 0 Å². The zero-order chi connectivity index (χ0) is 11.3. The number of nitrogen functional groups attached to an aromatic ring is 1. The van der Waals surface area contributed by atoms with Crippen molar-refractivity contribution in [3.63, 3.8) is 0 Å². The summed E-state index contributed by atoms with van der Waals surface area (Å²) in [6.07, 6.45) is 1.88. The quantitative estimate of drug-likeness (QED) is 0.520. The highest BCUT2D eigenvalue weighted by Gasteiger charge is 2.10. The molecule has 0 saturated heterocycles. The molecule has 0 aliphatic rings. The molecule has 3 nitrogen and oxygen atoms in total. The molecule has 0 atom stereocenters. The first-order chi connectivity index (χ1) is 7.15. The van der Waals surface area contributed by atoms with E-state index in [0.29, 0.717) is 17.9 Å². The zero-order valence-corrected chi connectivity index (χ0v) is 10.2. The van der Waals surface area contributed by atoms with Crippen molar-refractivity contribution < 1.29 is 9.53 Å². The number of benzene rings is 1. The van der Waals surface area contributed by atoms with Crippen LogP contribution in [0.5, 0.6) is 0 Å². The van der Waals surface area contributed by atoms with E-state index in [1.165, 1.54) is 0 Å². The molecular weight excluding hydrogens is 258 g/mol. The van der Waals surface area contributed by atoms with Gasteiger partial charge in [0.25, 0.3) is 0 Å². The van der Waals surface area contributed by atoms with Crippen molar-refractivity contribution in [2.75, 3.05) is 12.3 Å². The summed E-state index contributed by atoms with van der Waals surface area (Å²) in [4.78, 5) is 11.6. The number of carbonyl (C=O) groups excluding carboxylic acids is 1. The van der Waals surface area contributed by atoms with Crippen LogP contribution in [0.15, 0.2) is 22.7 Å². The molecule has 0 heterocycles. The molecule has 4 heteroatoms. The SMILES string of the molecule is CCCCOC(=O)c1cc(Br)ccc1N. The molecule has 0 aromatic heterocycles. The molecule has 1 aromatic carbocycles. The Labute approximate surface area is 97.7 Å². The monoisotopic (exact) mass is 271 g/mol. The van der Waals surface area contributed by atoms with E-state index in [2.05, 4.69) is 15.9 Å². The number of anilines is 1. The number of hydrogen-bond acceptors (Lipinski definition) is 3. The summed E-state index contributed by atoms with van der Waals surface area (Å²) in [6.45, 7) is 2.49. The van der Waals surface area contributed by atoms with Crippen molar-refractivity contribution in [2.45, 2.75) is 19.8 Å². The maximum absolute atomic E-state index is 11.6. The summed E-state index contributed by atoms with van der Waals surface area (Å²) in [5.74, 6) is -0.359. The fourth-order valence-corrected chi connectivity index (χ4v) is 1.45. The van der Waals surface area contributed by atoms with Crippen LogP contribution in [0.2, 0.25) is 0 Å². The van der Waals surface area contributed by atoms with E-state index in [1.807, 2.05) is 6.92 Å². The first-order valence-corrected chi connectivity index (χ1v) is 5.66.